The van der Waals surface area contributed by atoms with Gasteiger partial charge in [0.1, 0.15) is 24.1 Å². The zero-order chi connectivity index (χ0) is 21.6. The summed E-state index contributed by atoms with van der Waals surface area (Å²) in [6.07, 6.45) is -0.267. The maximum atomic E-state index is 12.6. The van der Waals surface area contributed by atoms with E-state index in [9.17, 15) is 14.7 Å². The summed E-state index contributed by atoms with van der Waals surface area (Å²) in [6, 6.07) is 25.4. The number of para-hydroxylation sites is 1. The summed E-state index contributed by atoms with van der Waals surface area (Å²) in [5, 5.41) is 9.62. The van der Waals surface area contributed by atoms with Crippen molar-refractivity contribution in [1.29, 1.82) is 0 Å². The Morgan fingerprint density at radius 3 is 2.13 bits per heavy atom. The third-order valence-electron chi connectivity index (χ3n) is 5.36. The van der Waals surface area contributed by atoms with Gasteiger partial charge in [0.15, 0.2) is 0 Å². The third-order valence-corrected chi connectivity index (χ3v) is 5.36. The molecule has 0 bridgehead atoms. The van der Waals surface area contributed by atoms with Crippen LogP contribution in [0.1, 0.15) is 23.5 Å². The molecule has 1 amide bonds. The molecule has 3 aromatic carbocycles. The number of hydrogen-bond acceptors (Lipinski definition) is 4. The van der Waals surface area contributed by atoms with Crippen LogP contribution in [0.5, 0.6) is 11.5 Å². The van der Waals surface area contributed by atoms with E-state index in [0.717, 1.165) is 16.9 Å². The van der Waals surface area contributed by atoms with Crippen LogP contribution < -0.4 is 4.74 Å². The molecule has 1 heterocycles. The van der Waals surface area contributed by atoms with Crippen LogP contribution in [0.25, 0.3) is 0 Å². The van der Waals surface area contributed by atoms with Crippen molar-refractivity contribution in [1.82, 2.24) is 4.90 Å². The van der Waals surface area contributed by atoms with Crippen molar-refractivity contribution in [3.63, 3.8) is 0 Å². The van der Waals surface area contributed by atoms with Gasteiger partial charge in [-0.05, 0) is 41.8 Å². The van der Waals surface area contributed by atoms with Crippen molar-refractivity contribution in [2.24, 2.45) is 0 Å². The molecular formula is C25H23NO5. The van der Waals surface area contributed by atoms with Gasteiger partial charge in [0, 0.05) is 12.5 Å². The number of carboxylic acid groups (broad SMARTS) is 1. The second-order valence-electron chi connectivity index (χ2n) is 7.46. The van der Waals surface area contributed by atoms with E-state index in [0.29, 0.717) is 18.7 Å². The SMILES string of the molecule is O=C(O)[C@@H]1CC(c2ccc(Oc3ccccc3)cc2)CN1C(=O)OCc1ccccc1. The monoisotopic (exact) mass is 417 g/mol. The molecule has 6 nitrogen and oxygen atoms in total. The highest BCUT2D eigenvalue weighted by Gasteiger charge is 2.41. The van der Waals surface area contributed by atoms with Crippen LogP contribution in [-0.4, -0.2) is 34.7 Å². The molecule has 1 fully saturated rings. The van der Waals surface area contributed by atoms with Gasteiger partial charge in [-0.25, -0.2) is 9.59 Å². The van der Waals surface area contributed by atoms with Gasteiger partial charge in [0.2, 0.25) is 0 Å². The second-order valence-corrected chi connectivity index (χ2v) is 7.46. The molecule has 0 aromatic heterocycles. The van der Waals surface area contributed by atoms with Crippen molar-refractivity contribution < 1.29 is 24.2 Å². The Morgan fingerprint density at radius 1 is 0.871 bits per heavy atom. The summed E-state index contributed by atoms with van der Waals surface area (Å²) < 4.78 is 11.2. The number of hydrogen-bond donors (Lipinski definition) is 1. The zero-order valence-corrected chi connectivity index (χ0v) is 16.9. The van der Waals surface area contributed by atoms with Crippen molar-refractivity contribution in [3.8, 4) is 11.5 Å². The fraction of sp³-hybridized carbons (Fsp3) is 0.200. The van der Waals surface area contributed by atoms with Crippen LogP contribution in [0.3, 0.4) is 0 Å². The standard InChI is InChI=1S/C25H23NO5/c27-24(28)23-15-20(16-26(23)25(29)30-17-18-7-3-1-4-8-18)19-11-13-22(14-12-19)31-21-9-5-2-6-10-21/h1-14,20,23H,15-17H2,(H,27,28)/t20?,23-/m0/s1. The lowest BCUT2D eigenvalue weighted by atomic mass is 9.96. The normalized spacial score (nSPS) is 17.9. The number of likely N-dealkylation sites (tertiary alicyclic amines) is 1. The molecule has 1 aliphatic rings. The van der Waals surface area contributed by atoms with Crippen molar-refractivity contribution >= 4 is 12.1 Å². The van der Waals surface area contributed by atoms with E-state index >= 15 is 0 Å². The lowest BCUT2D eigenvalue weighted by Crippen LogP contribution is -2.40. The first-order valence-electron chi connectivity index (χ1n) is 10.1. The van der Waals surface area contributed by atoms with E-state index in [4.69, 9.17) is 9.47 Å². The summed E-state index contributed by atoms with van der Waals surface area (Å²) in [5.74, 6) is 0.329. The van der Waals surface area contributed by atoms with Gasteiger partial charge in [-0.15, -0.1) is 0 Å². The molecule has 4 rings (SSSR count). The lowest BCUT2D eigenvalue weighted by molar-refractivity contribution is -0.141. The molecular weight excluding hydrogens is 394 g/mol. The Labute approximate surface area is 180 Å². The smallest absolute Gasteiger partial charge is 0.410 e. The largest absolute Gasteiger partial charge is 0.480 e. The minimum atomic E-state index is -1.02. The van der Waals surface area contributed by atoms with Crippen molar-refractivity contribution in [2.75, 3.05) is 6.54 Å². The molecule has 1 aliphatic heterocycles. The van der Waals surface area contributed by atoms with Crippen LogP contribution in [0.4, 0.5) is 4.79 Å². The van der Waals surface area contributed by atoms with Gasteiger partial charge in [-0.2, -0.15) is 0 Å². The van der Waals surface area contributed by atoms with Crippen molar-refractivity contribution in [3.05, 3.63) is 96.1 Å². The Morgan fingerprint density at radius 2 is 1.48 bits per heavy atom. The number of rotatable bonds is 6. The van der Waals surface area contributed by atoms with Crippen LogP contribution in [0, 0.1) is 0 Å². The molecule has 1 saturated heterocycles. The van der Waals surface area contributed by atoms with E-state index < -0.39 is 18.1 Å². The molecule has 0 saturated carbocycles. The average molecular weight is 417 g/mol. The van der Waals surface area contributed by atoms with Crippen LogP contribution >= 0.6 is 0 Å². The number of carboxylic acids is 1. The van der Waals surface area contributed by atoms with Crippen LogP contribution in [0.2, 0.25) is 0 Å². The number of benzene rings is 3. The van der Waals surface area contributed by atoms with E-state index in [-0.39, 0.29) is 12.5 Å². The second kappa shape index (κ2) is 9.34. The summed E-state index contributed by atoms with van der Waals surface area (Å²) in [7, 11) is 0. The first kappa shape index (κ1) is 20.5. The Balaban J connectivity index is 1.41. The summed E-state index contributed by atoms with van der Waals surface area (Å²) in [4.78, 5) is 25.7. The summed E-state index contributed by atoms with van der Waals surface area (Å²) in [5.41, 5.74) is 1.82. The van der Waals surface area contributed by atoms with E-state index in [1.165, 1.54) is 4.90 Å². The van der Waals surface area contributed by atoms with E-state index in [2.05, 4.69) is 0 Å². The Bertz CT molecular complexity index is 1020. The number of amides is 1. The van der Waals surface area contributed by atoms with E-state index in [1.54, 1.807) is 0 Å². The minimum Gasteiger partial charge on any atom is -0.480 e. The van der Waals surface area contributed by atoms with Gasteiger partial charge < -0.3 is 14.6 Å². The Hall–Kier alpha value is -3.80. The average Bonchev–Trinajstić information content (AvgIpc) is 3.25. The first-order chi connectivity index (χ1) is 15.1. The quantitative estimate of drug-likeness (QED) is 0.607. The van der Waals surface area contributed by atoms with Crippen molar-refractivity contribution in [2.45, 2.75) is 25.0 Å². The molecule has 3 aromatic rings. The minimum absolute atomic E-state index is 0.0869. The number of carbonyl (C=O) groups is 2. The lowest BCUT2D eigenvalue weighted by Gasteiger charge is -2.21. The third kappa shape index (κ3) is 5.04. The van der Waals surface area contributed by atoms with Gasteiger partial charge >= 0.3 is 12.1 Å². The molecule has 31 heavy (non-hydrogen) atoms. The molecule has 0 spiro atoms. The number of ether oxygens (including phenoxy) is 2. The molecule has 1 N–H and O–H groups in total. The highest BCUT2D eigenvalue weighted by molar-refractivity contribution is 5.81. The molecule has 6 heteroatoms. The summed E-state index contributed by atoms with van der Waals surface area (Å²) in [6.45, 7) is 0.405. The summed E-state index contributed by atoms with van der Waals surface area (Å²) >= 11 is 0. The van der Waals surface area contributed by atoms with Gasteiger partial charge in [-0.1, -0.05) is 60.7 Å². The predicted molar refractivity (Wildman–Crippen MR) is 115 cm³/mol. The number of aliphatic carboxylic acids is 1. The maximum absolute atomic E-state index is 12.6. The topological polar surface area (TPSA) is 76.1 Å². The first-order valence-corrected chi connectivity index (χ1v) is 10.1. The van der Waals surface area contributed by atoms with Crippen LogP contribution in [0.15, 0.2) is 84.9 Å². The predicted octanol–water partition coefficient (Wildman–Crippen LogP) is 5.06. The molecule has 0 aliphatic carbocycles. The van der Waals surface area contributed by atoms with Crippen LogP contribution in [-0.2, 0) is 16.1 Å². The fourth-order valence-corrected chi connectivity index (χ4v) is 3.75. The number of carbonyl (C=O) groups excluding carboxylic acids is 1. The molecule has 1 unspecified atom stereocenters. The van der Waals surface area contributed by atoms with Gasteiger partial charge in [0.05, 0.1) is 0 Å². The Kier molecular flexibility index (Phi) is 6.17. The maximum Gasteiger partial charge on any atom is 0.410 e. The van der Waals surface area contributed by atoms with Gasteiger partial charge in [0.25, 0.3) is 0 Å². The fourth-order valence-electron chi connectivity index (χ4n) is 3.75. The zero-order valence-electron chi connectivity index (χ0n) is 16.9. The van der Waals surface area contributed by atoms with Gasteiger partial charge in [-0.3, -0.25) is 4.90 Å². The molecule has 158 valence electrons. The highest BCUT2D eigenvalue weighted by Crippen LogP contribution is 2.34. The molecule has 2 atom stereocenters. The number of nitrogens with zero attached hydrogens (tertiary/aromatic N) is 1. The molecule has 0 radical (unpaired) electrons. The van der Waals surface area contributed by atoms with E-state index in [1.807, 2.05) is 84.9 Å². The highest BCUT2D eigenvalue weighted by atomic mass is 16.6.